The topological polar surface area (TPSA) is 32.9 Å². The fourth-order valence-electron chi connectivity index (χ4n) is 2.04. The molecular formula is C14H17NO. The molecule has 0 aliphatic carbocycles. The number of aromatic nitrogens is 1. The molecule has 84 valence electrons. The van der Waals surface area contributed by atoms with Gasteiger partial charge in [-0.05, 0) is 19.1 Å². The predicted octanol–water partition coefficient (Wildman–Crippen LogP) is 3.59. The first kappa shape index (κ1) is 10.9. The van der Waals surface area contributed by atoms with E-state index < -0.39 is 0 Å². The third kappa shape index (κ3) is 1.64. The summed E-state index contributed by atoms with van der Waals surface area (Å²) in [5.41, 5.74) is 3.99. The quantitative estimate of drug-likeness (QED) is 0.724. The van der Waals surface area contributed by atoms with Crippen LogP contribution in [0.1, 0.15) is 42.4 Å². The summed E-state index contributed by atoms with van der Waals surface area (Å²) >= 11 is 0. The Hall–Kier alpha value is -1.57. The molecule has 0 aliphatic heterocycles. The zero-order valence-corrected chi connectivity index (χ0v) is 10.2. The molecule has 0 aliphatic rings. The maximum atomic E-state index is 11.2. The van der Waals surface area contributed by atoms with Crippen LogP contribution in [0.15, 0.2) is 18.2 Å². The minimum Gasteiger partial charge on any atom is -0.357 e. The third-order valence-corrected chi connectivity index (χ3v) is 2.86. The molecule has 2 heteroatoms. The summed E-state index contributed by atoms with van der Waals surface area (Å²) in [6, 6.07) is 6.15. The summed E-state index contributed by atoms with van der Waals surface area (Å²) < 4.78 is 0. The van der Waals surface area contributed by atoms with Crippen molar-refractivity contribution in [1.82, 2.24) is 4.98 Å². The number of hydrogen-bond acceptors (Lipinski definition) is 1. The highest BCUT2D eigenvalue weighted by atomic mass is 16.1. The summed E-state index contributed by atoms with van der Waals surface area (Å²) in [6.07, 6.45) is 0.957. The predicted molar refractivity (Wildman–Crippen MR) is 67.1 cm³/mol. The summed E-state index contributed by atoms with van der Waals surface area (Å²) in [5.74, 6) is 0. The first-order valence-corrected chi connectivity index (χ1v) is 5.51. The SMILES string of the molecule is Cc1ccc2[nH]c(C(C)(C)C)c(C=O)c2c1. The Balaban J connectivity index is 2.82. The number of fused-ring (bicyclic) bond motifs is 1. The lowest BCUT2D eigenvalue weighted by atomic mass is 9.89. The van der Waals surface area contributed by atoms with Gasteiger partial charge in [0.05, 0.1) is 0 Å². The van der Waals surface area contributed by atoms with Crippen molar-refractivity contribution in [2.45, 2.75) is 33.1 Å². The number of carbonyl (C=O) groups is 1. The van der Waals surface area contributed by atoms with E-state index in [1.165, 1.54) is 5.56 Å². The van der Waals surface area contributed by atoms with Gasteiger partial charge in [0.2, 0.25) is 0 Å². The van der Waals surface area contributed by atoms with Gasteiger partial charge in [-0.1, -0.05) is 32.4 Å². The number of H-pyrrole nitrogens is 1. The minimum absolute atomic E-state index is 0.0385. The molecule has 0 unspecified atom stereocenters. The van der Waals surface area contributed by atoms with Crippen molar-refractivity contribution in [2.24, 2.45) is 0 Å². The first-order chi connectivity index (χ1) is 7.43. The van der Waals surface area contributed by atoms with E-state index >= 15 is 0 Å². The minimum atomic E-state index is -0.0385. The number of nitrogens with one attached hydrogen (secondary N) is 1. The van der Waals surface area contributed by atoms with Crippen LogP contribution in [0.5, 0.6) is 0 Å². The molecule has 0 radical (unpaired) electrons. The van der Waals surface area contributed by atoms with Crippen molar-refractivity contribution in [3.63, 3.8) is 0 Å². The Morgan fingerprint density at radius 1 is 1.25 bits per heavy atom. The number of aromatic amines is 1. The van der Waals surface area contributed by atoms with Gasteiger partial charge in [-0.25, -0.2) is 0 Å². The second-order valence-electron chi connectivity index (χ2n) is 5.33. The fraction of sp³-hybridized carbons (Fsp3) is 0.357. The molecule has 1 heterocycles. The smallest absolute Gasteiger partial charge is 0.152 e. The Labute approximate surface area is 95.7 Å². The van der Waals surface area contributed by atoms with Crippen molar-refractivity contribution in [1.29, 1.82) is 0 Å². The van der Waals surface area contributed by atoms with Crippen LogP contribution in [0.3, 0.4) is 0 Å². The molecule has 16 heavy (non-hydrogen) atoms. The molecule has 0 fully saturated rings. The standard InChI is InChI=1S/C14H17NO/c1-9-5-6-12-10(7-9)11(8-16)13(15-12)14(2,3)4/h5-8,15H,1-4H3. The van der Waals surface area contributed by atoms with Gasteiger partial charge in [-0.15, -0.1) is 0 Å². The normalized spacial score (nSPS) is 12.0. The number of benzene rings is 1. The second kappa shape index (κ2) is 3.48. The van der Waals surface area contributed by atoms with E-state index in [2.05, 4.69) is 37.9 Å². The summed E-state index contributed by atoms with van der Waals surface area (Å²) in [7, 11) is 0. The lowest BCUT2D eigenvalue weighted by molar-refractivity contribution is 0.112. The number of carbonyl (C=O) groups excluding carboxylic acids is 1. The Bertz CT molecular complexity index is 544. The summed E-state index contributed by atoms with van der Waals surface area (Å²) in [4.78, 5) is 14.6. The Kier molecular flexibility index (Phi) is 2.38. The van der Waals surface area contributed by atoms with Crippen molar-refractivity contribution in [3.05, 3.63) is 35.0 Å². The largest absolute Gasteiger partial charge is 0.357 e. The van der Waals surface area contributed by atoms with Crippen LogP contribution >= 0.6 is 0 Å². The average molecular weight is 215 g/mol. The van der Waals surface area contributed by atoms with Crippen LogP contribution < -0.4 is 0 Å². The van der Waals surface area contributed by atoms with E-state index in [1.807, 2.05) is 13.0 Å². The van der Waals surface area contributed by atoms with Gasteiger partial charge in [0, 0.05) is 27.6 Å². The highest BCUT2D eigenvalue weighted by Crippen LogP contribution is 2.30. The van der Waals surface area contributed by atoms with Crippen LogP contribution in [0.4, 0.5) is 0 Å². The highest BCUT2D eigenvalue weighted by molar-refractivity contribution is 5.99. The van der Waals surface area contributed by atoms with Crippen molar-refractivity contribution >= 4 is 17.2 Å². The molecule has 2 rings (SSSR count). The van der Waals surface area contributed by atoms with Crippen LogP contribution in [0.25, 0.3) is 10.9 Å². The molecule has 1 N–H and O–H groups in total. The molecule has 0 bridgehead atoms. The number of rotatable bonds is 1. The molecule has 0 atom stereocenters. The number of aldehydes is 1. The van der Waals surface area contributed by atoms with Gasteiger partial charge in [0.15, 0.2) is 6.29 Å². The molecule has 0 saturated carbocycles. The molecule has 1 aromatic heterocycles. The first-order valence-electron chi connectivity index (χ1n) is 5.51. The maximum Gasteiger partial charge on any atom is 0.152 e. The van der Waals surface area contributed by atoms with Crippen LogP contribution in [0, 0.1) is 6.92 Å². The molecule has 2 nitrogen and oxygen atoms in total. The van der Waals surface area contributed by atoms with Crippen LogP contribution in [-0.4, -0.2) is 11.3 Å². The second-order valence-corrected chi connectivity index (χ2v) is 5.33. The van der Waals surface area contributed by atoms with E-state index in [9.17, 15) is 4.79 Å². The van der Waals surface area contributed by atoms with Gasteiger partial charge >= 0.3 is 0 Å². The highest BCUT2D eigenvalue weighted by Gasteiger charge is 2.21. The van der Waals surface area contributed by atoms with Gasteiger partial charge in [0.25, 0.3) is 0 Å². The zero-order chi connectivity index (χ0) is 11.9. The summed E-state index contributed by atoms with van der Waals surface area (Å²) in [5, 5.41) is 1.03. The lowest BCUT2D eigenvalue weighted by Crippen LogP contribution is -2.13. The maximum absolute atomic E-state index is 11.2. The van der Waals surface area contributed by atoms with Crippen molar-refractivity contribution in [2.75, 3.05) is 0 Å². The summed E-state index contributed by atoms with van der Waals surface area (Å²) in [6.45, 7) is 8.37. The molecule has 0 saturated heterocycles. The van der Waals surface area contributed by atoms with E-state index in [0.717, 1.165) is 28.4 Å². The zero-order valence-electron chi connectivity index (χ0n) is 10.2. The Morgan fingerprint density at radius 3 is 2.50 bits per heavy atom. The van der Waals surface area contributed by atoms with E-state index in [0.29, 0.717) is 0 Å². The monoisotopic (exact) mass is 215 g/mol. The van der Waals surface area contributed by atoms with E-state index in [1.54, 1.807) is 0 Å². The van der Waals surface area contributed by atoms with E-state index in [4.69, 9.17) is 0 Å². The third-order valence-electron chi connectivity index (χ3n) is 2.86. The molecular weight excluding hydrogens is 198 g/mol. The van der Waals surface area contributed by atoms with Crippen LogP contribution in [0.2, 0.25) is 0 Å². The molecule has 0 spiro atoms. The molecule has 0 amide bonds. The Morgan fingerprint density at radius 2 is 1.94 bits per heavy atom. The van der Waals surface area contributed by atoms with Gasteiger partial charge in [0.1, 0.15) is 0 Å². The van der Waals surface area contributed by atoms with Gasteiger partial charge in [-0.3, -0.25) is 4.79 Å². The van der Waals surface area contributed by atoms with Crippen molar-refractivity contribution in [3.8, 4) is 0 Å². The molecule has 2 aromatic rings. The van der Waals surface area contributed by atoms with E-state index in [-0.39, 0.29) is 5.41 Å². The number of hydrogen-bond donors (Lipinski definition) is 1. The van der Waals surface area contributed by atoms with Gasteiger partial charge in [-0.2, -0.15) is 0 Å². The lowest BCUT2D eigenvalue weighted by Gasteiger charge is -2.17. The van der Waals surface area contributed by atoms with Crippen LogP contribution in [-0.2, 0) is 5.41 Å². The van der Waals surface area contributed by atoms with Gasteiger partial charge < -0.3 is 4.98 Å². The molecule has 1 aromatic carbocycles. The number of aryl methyl sites for hydroxylation is 1. The van der Waals surface area contributed by atoms with Crippen molar-refractivity contribution < 1.29 is 4.79 Å². The fourth-order valence-corrected chi connectivity index (χ4v) is 2.04. The average Bonchev–Trinajstić information content (AvgIpc) is 2.54.